The van der Waals surface area contributed by atoms with Gasteiger partial charge in [0, 0.05) is 18.2 Å². The zero-order valence-electron chi connectivity index (χ0n) is 25.4. The molecule has 2 N–H and O–H groups in total. The smallest absolute Gasteiger partial charge is 0.311 e. The highest BCUT2D eigenvalue weighted by Gasteiger charge is 2.45. The first-order valence-electron chi connectivity index (χ1n) is 14.2. The van der Waals surface area contributed by atoms with Crippen molar-refractivity contribution >= 4 is 28.5 Å². The molecule has 2 amide bonds. The molecule has 0 saturated carbocycles. The van der Waals surface area contributed by atoms with Gasteiger partial charge in [-0.3, -0.25) is 24.6 Å². The number of imidazole rings is 1. The van der Waals surface area contributed by atoms with Gasteiger partial charge < -0.3 is 24.5 Å². The standard InChI is InChI=1S/C32H35N5O7/c1-32(2)21-9-10-22-28(35-29(34-22)20-8-12-24(42-3)23(18-20)37(40)41)27(21)30(38)36(31(32)39)16-6-14-33-15-13-19-7-11-25(43-4)26(17-19)44-5/h7-12,17-18,33H,6,13-16H2,1-5H3,(H,34,35). The van der Waals surface area contributed by atoms with Gasteiger partial charge in [-0.05, 0) is 81.2 Å². The van der Waals surface area contributed by atoms with E-state index in [4.69, 9.17) is 19.2 Å². The summed E-state index contributed by atoms with van der Waals surface area (Å²) in [6.45, 7) is 5.20. The summed E-state index contributed by atoms with van der Waals surface area (Å²) in [5, 5.41) is 14.9. The minimum Gasteiger partial charge on any atom is -0.493 e. The summed E-state index contributed by atoms with van der Waals surface area (Å²) in [6, 6.07) is 13.9. The fraction of sp³-hybridized carbons (Fsp3) is 0.344. The lowest BCUT2D eigenvalue weighted by molar-refractivity contribution is -0.385. The zero-order valence-corrected chi connectivity index (χ0v) is 25.4. The molecule has 0 aliphatic carbocycles. The molecule has 5 rings (SSSR count). The summed E-state index contributed by atoms with van der Waals surface area (Å²) >= 11 is 0. The summed E-state index contributed by atoms with van der Waals surface area (Å²) in [5.41, 5.74) is 2.39. The number of imide groups is 1. The van der Waals surface area contributed by atoms with Crippen LogP contribution in [-0.2, 0) is 16.6 Å². The van der Waals surface area contributed by atoms with E-state index in [1.54, 1.807) is 46.3 Å². The van der Waals surface area contributed by atoms with Crippen molar-refractivity contribution in [1.82, 2.24) is 20.2 Å². The Morgan fingerprint density at radius 3 is 2.39 bits per heavy atom. The quantitative estimate of drug-likeness (QED) is 0.102. The van der Waals surface area contributed by atoms with Gasteiger partial charge in [0.2, 0.25) is 5.91 Å². The molecule has 0 fully saturated rings. The number of carbonyl (C=O) groups is 2. The van der Waals surface area contributed by atoms with Gasteiger partial charge in [-0.2, -0.15) is 0 Å². The van der Waals surface area contributed by atoms with E-state index in [0.717, 1.165) is 12.0 Å². The molecular formula is C32H35N5O7. The summed E-state index contributed by atoms with van der Waals surface area (Å²) in [5.74, 6) is 1.19. The van der Waals surface area contributed by atoms with Crippen molar-refractivity contribution in [2.24, 2.45) is 0 Å². The van der Waals surface area contributed by atoms with Crippen molar-refractivity contribution in [3.05, 3.63) is 75.3 Å². The predicted molar refractivity (Wildman–Crippen MR) is 165 cm³/mol. The number of hydrogen-bond donors (Lipinski definition) is 2. The second-order valence-corrected chi connectivity index (χ2v) is 11.0. The average molecular weight is 602 g/mol. The molecule has 0 unspecified atom stereocenters. The normalized spacial score (nSPS) is 14.1. The fourth-order valence-corrected chi connectivity index (χ4v) is 5.57. The van der Waals surface area contributed by atoms with E-state index in [1.165, 1.54) is 24.1 Å². The van der Waals surface area contributed by atoms with Crippen LogP contribution in [-0.4, -0.2) is 72.6 Å². The Morgan fingerprint density at radius 1 is 0.955 bits per heavy atom. The monoisotopic (exact) mass is 601 g/mol. The molecule has 12 nitrogen and oxygen atoms in total. The molecule has 2 heterocycles. The first-order valence-corrected chi connectivity index (χ1v) is 14.2. The van der Waals surface area contributed by atoms with Gasteiger partial charge in [-0.25, -0.2) is 4.98 Å². The van der Waals surface area contributed by atoms with Crippen molar-refractivity contribution < 1.29 is 28.7 Å². The number of rotatable bonds is 12. The lowest BCUT2D eigenvalue weighted by atomic mass is 9.76. The van der Waals surface area contributed by atoms with Crippen LogP contribution in [0.5, 0.6) is 17.2 Å². The molecule has 0 radical (unpaired) electrons. The molecule has 12 heteroatoms. The summed E-state index contributed by atoms with van der Waals surface area (Å²) in [4.78, 5) is 47.6. The molecular weight excluding hydrogens is 566 g/mol. The number of aromatic nitrogens is 2. The van der Waals surface area contributed by atoms with Crippen molar-refractivity contribution in [1.29, 1.82) is 0 Å². The van der Waals surface area contributed by atoms with Crippen molar-refractivity contribution in [2.75, 3.05) is 41.0 Å². The van der Waals surface area contributed by atoms with Crippen molar-refractivity contribution in [3.8, 4) is 28.6 Å². The number of methoxy groups -OCH3 is 3. The largest absolute Gasteiger partial charge is 0.493 e. The SMILES string of the molecule is COc1ccc(CCNCCCN2C(=O)c3c(ccc4[nH]c(-c5ccc(OC)c([N+](=O)[O-])c5)nc34)C(C)(C)C2=O)cc1OC. The molecule has 3 aromatic carbocycles. The highest BCUT2D eigenvalue weighted by molar-refractivity contribution is 6.18. The first-order chi connectivity index (χ1) is 21.1. The Labute approximate surface area is 254 Å². The van der Waals surface area contributed by atoms with Crippen LogP contribution in [0.25, 0.3) is 22.4 Å². The Hall–Kier alpha value is -4.97. The Kier molecular flexibility index (Phi) is 8.54. The van der Waals surface area contributed by atoms with Crippen LogP contribution in [0.4, 0.5) is 5.69 Å². The Morgan fingerprint density at radius 2 is 1.68 bits per heavy atom. The number of nitro benzene ring substituents is 1. The number of carbonyl (C=O) groups excluding carboxylic acids is 2. The maximum absolute atomic E-state index is 13.8. The molecule has 1 aliphatic heterocycles. The van der Waals surface area contributed by atoms with E-state index >= 15 is 0 Å². The van der Waals surface area contributed by atoms with Crippen LogP contribution in [0.15, 0.2) is 48.5 Å². The number of nitrogens with one attached hydrogen (secondary N) is 2. The topological polar surface area (TPSA) is 149 Å². The molecule has 230 valence electrons. The van der Waals surface area contributed by atoms with Crippen LogP contribution >= 0.6 is 0 Å². The van der Waals surface area contributed by atoms with Crippen LogP contribution in [0.1, 0.15) is 41.8 Å². The van der Waals surface area contributed by atoms with E-state index in [-0.39, 0.29) is 23.9 Å². The number of amides is 2. The van der Waals surface area contributed by atoms with Gasteiger partial charge in [0.05, 0.1) is 42.7 Å². The Balaban J connectivity index is 1.31. The van der Waals surface area contributed by atoms with E-state index in [0.29, 0.717) is 64.6 Å². The lowest BCUT2D eigenvalue weighted by Crippen LogP contribution is -2.52. The third-order valence-electron chi connectivity index (χ3n) is 7.99. The number of nitrogens with zero attached hydrogens (tertiary/aromatic N) is 3. The minimum absolute atomic E-state index is 0.133. The first kappa shape index (κ1) is 30.5. The van der Waals surface area contributed by atoms with E-state index in [2.05, 4.69) is 10.3 Å². The molecule has 0 spiro atoms. The predicted octanol–water partition coefficient (Wildman–Crippen LogP) is 4.65. The van der Waals surface area contributed by atoms with Crippen LogP contribution < -0.4 is 19.5 Å². The number of hydrogen-bond acceptors (Lipinski definition) is 9. The highest BCUT2D eigenvalue weighted by Crippen LogP contribution is 2.39. The summed E-state index contributed by atoms with van der Waals surface area (Å²) < 4.78 is 15.8. The van der Waals surface area contributed by atoms with Gasteiger partial charge >= 0.3 is 5.69 Å². The van der Waals surface area contributed by atoms with Crippen molar-refractivity contribution in [2.45, 2.75) is 32.1 Å². The molecule has 1 aromatic heterocycles. The van der Waals surface area contributed by atoms with Crippen LogP contribution in [0, 0.1) is 10.1 Å². The number of fused-ring (bicyclic) bond motifs is 3. The minimum atomic E-state index is -0.948. The van der Waals surface area contributed by atoms with E-state index < -0.39 is 16.2 Å². The number of H-pyrrole nitrogens is 1. The maximum Gasteiger partial charge on any atom is 0.311 e. The number of benzene rings is 3. The molecule has 44 heavy (non-hydrogen) atoms. The zero-order chi connectivity index (χ0) is 31.6. The van der Waals surface area contributed by atoms with Crippen LogP contribution in [0.3, 0.4) is 0 Å². The number of aromatic amines is 1. The maximum atomic E-state index is 13.8. The third kappa shape index (κ3) is 5.55. The van der Waals surface area contributed by atoms with Crippen LogP contribution in [0.2, 0.25) is 0 Å². The summed E-state index contributed by atoms with van der Waals surface area (Å²) in [6.07, 6.45) is 1.35. The molecule has 4 aromatic rings. The molecule has 0 atom stereocenters. The number of ether oxygens (including phenoxy) is 3. The second kappa shape index (κ2) is 12.3. The molecule has 1 aliphatic rings. The highest BCUT2D eigenvalue weighted by atomic mass is 16.6. The average Bonchev–Trinajstić information content (AvgIpc) is 3.47. The Bertz CT molecular complexity index is 1750. The number of nitro groups is 1. The lowest BCUT2D eigenvalue weighted by Gasteiger charge is -2.37. The summed E-state index contributed by atoms with van der Waals surface area (Å²) in [7, 11) is 4.57. The van der Waals surface area contributed by atoms with Gasteiger partial charge in [0.25, 0.3) is 5.91 Å². The van der Waals surface area contributed by atoms with Gasteiger partial charge in [0.1, 0.15) is 11.3 Å². The van der Waals surface area contributed by atoms with Gasteiger partial charge in [-0.15, -0.1) is 0 Å². The molecule has 0 saturated heterocycles. The van der Waals surface area contributed by atoms with E-state index in [9.17, 15) is 19.7 Å². The van der Waals surface area contributed by atoms with E-state index in [1.807, 2.05) is 18.2 Å². The van der Waals surface area contributed by atoms with Crippen molar-refractivity contribution in [3.63, 3.8) is 0 Å². The van der Waals surface area contributed by atoms with Gasteiger partial charge in [0.15, 0.2) is 17.2 Å². The van der Waals surface area contributed by atoms with Gasteiger partial charge in [-0.1, -0.05) is 12.1 Å². The third-order valence-corrected chi connectivity index (χ3v) is 7.99. The fourth-order valence-electron chi connectivity index (χ4n) is 5.57. The second-order valence-electron chi connectivity index (χ2n) is 11.0. The molecule has 0 bridgehead atoms.